The molecular formula is C36H37ClN4O5. The van der Waals surface area contributed by atoms with Gasteiger partial charge in [-0.05, 0) is 91.1 Å². The van der Waals surface area contributed by atoms with E-state index in [1.54, 1.807) is 12.3 Å². The third-order valence-electron chi connectivity index (χ3n) is 8.36. The minimum absolute atomic E-state index is 0.0495. The lowest BCUT2D eigenvalue weighted by Gasteiger charge is -2.28. The number of aliphatic hydroxyl groups is 1. The van der Waals surface area contributed by atoms with Crippen LogP contribution in [-0.4, -0.2) is 62.4 Å². The van der Waals surface area contributed by atoms with Crippen molar-refractivity contribution >= 4 is 34.9 Å². The molecule has 1 amide bonds. The van der Waals surface area contributed by atoms with Crippen molar-refractivity contribution in [1.82, 2.24) is 14.9 Å². The number of carboxylic acid groups (broad SMARTS) is 1. The molecule has 4 aromatic rings. The Hall–Kier alpha value is -4.44. The molecule has 0 spiro atoms. The third-order valence-corrected chi connectivity index (χ3v) is 8.81. The lowest BCUT2D eigenvalue weighted by atomic mass is 9.94. The average Bonchev–Trinajstić information content (AvgIpc) is 3.03. The number of aliphatic carboxylic acids is 1. The van der Waals surface area contributed by atoms with Gasteiger partial charge in [-0.1, -0.05) is 48.0 Å². The van der Waals surface area contributed by atoms with Crippen LogP contribution in [0.15, 0.2) is 60.8 Å². The van der Waals surface area contributed by atoms with Gasteiger partial charge in [0.1, 0.15) is 11.4 Å². The Morgan fingerprint density at radius 1 is 1.00 bits per heavy atom. The quantitative estimate of drug-likeness (QED) is 0.130. The summed E-state index contributed by atoms with van der Waals surface area (Å²) in [6.45, 7) is 4.98. The van der Waals surface area contributed by atoms with Crippen molar-refractivity contribution in [1.29, 1.82) is 0 Å². The molecule has 10 heteroatoms. The maximum Gasteiger partial charge on any atom is 0.317 e. The van der Waals surface area contributed by atoms with Crippen LogP contribution >= 0.6 is 11.6 Å². The van der Waals surface area contributed by atoms with Crippen LogP contribution in [0.4, 0.5) is 5.69 Å². The number of benzene rings is 2. The summed E-state index contributed by atoms with van der Waals surface area (Å²) in [5.41, 5.74) is 8.10. The number of ketones is 1. The second-order valence-corrected chi connectivity index (χ2v) is 12.0. The van der Waals surface area contributed by atoms with Crippen LogP contribution in [0, 0.1) is 13.8 Å². The van der Waals surface area contributed by atoms with Crippen LogP contribution in [-0.2, 0) is 30.6 Å². The van der Waals surface area contributed by atoms with Crippen molar-refractivity contribution in [3.8, 4) is 11.1 Å². The molecule has 0 saturated heterocycles. The lowest BCUT2D eigenvalue weighted by Crippen LogP contribution is -2.36. The number of unbranched alkanes of at least 4 members (excludes halogenated alkanes) is 1. The van der Waals surface area contributed by atoms with E-state index in [1.807, 2.05) is 67.3 Å². The van der Waals surface area contributed by atoms with E-state index in [1.165, 1.54) is 0 Å². The van der Waals surface area contributed by atoms with Crippen LogP contribution in [0.1, 0.15) is 67.3 Å². The predicted molar refractivity (Wildman–Crippen MR) is 177 cm³/mol. The molecule has 0 unspecified atom stereocenters. The molecule has 0 fully saturated rings. The second-order valence-electron chi connectivity index (χ2n) is 11.6. The first kappa shape index (κ1) is 32.9. The molecule has 5 rings (SSSR count). The molecule has 3 heterocycles. The monoisotopic (exact) mass is 640 g/mol. The Balaban J connectivity index is 1.32. The lowest BCUT2D eigenvalue weighted by molar-refractivity contribution is -0.138. The maximum absolute atomic E-state index is 13.5. The molecule has 0 aliphatic carbocycles. The molecule has 46 heavy (non-hydrogen) atoms. The molecule has 0 saturated carbocycles. The number of nitrogens with one attached hydrogen (secondary N) is 1. The molecule has 1 aliphatic rings. The van der Waals surface area contributed by atoms with E-state index < -0.39 is 5.97 Å². The highest BCUT2D eigenvalue weighted by molar-refractivity contribution is 6.34. The first-order valence-electron chi connectivity index (χ1n) is 15.4. The molecule has 238 valence electrons. The van der Waals surface area contributed by atoms with Gasteiger partial charge in [0, 0.05) is 43.6 Å². The first-order valence-corrected chi connectivity index (χ1v) is 15.7. The Morgan fingerprint density at radius 3 is 2.52 bits per heavy atom. The fourth-order valence-electron chi connectivity index (χ4n) is 5.85. The third kappa shape index (κ3) is 7.67. The van der Waals surface area contributed by atoms with E-state index in [4.69, 9.17) is 16.7 Å². The van der Waals surface area contributed by atoms with Crippen molar-refractivity contribution in [3.63, 3.8) is 0 Å². The van der Waals surface area contributed by atoms with Gasteiger partial charge in [-0.25, -0.2) is 4.98 Å². The smallest absolute Gasteiger partial charge is 0.317 e. The highest BCUT2D eigenvalue weighted by Crippen LogP contribution is 2.36. The van der Waals surface area contributed by atoms with E-state index in [-0.39, 0.29) is 31.3 Å². The molecule has 9 nitrogen and oxygen atoms in total. The van der Waals surface area contributed by atoms with E-state index in [0.717, 1.165) is 58.3 Å². The Kier molecular flexibility index (Phi) is 10.6. The molecule has 2 aromatic heterocycles. The molecular weight excluding hydrogens is 604 g/mol. The standard InChI is InChI=1S/C36H37ClN4O5/c1-22-17-31(39-32-20-41(21-34(44)45)15-14-26(22)32)33(43)18-25-8-5-10-28(35(25)37)27-9-6-11-29(23(27)2)40-36(46)30-13-12-24(19-38-30)7-3-4-16-42/h5-6,8-13,17,19,42H,3-4,7,14-16,18,20-21H2,1-2H3,(H,40,46)(H,44,45). The van der Waals surface area contributed by atoms with Gasteiger partial charge in [0.2, 0.25) is 0 Å². The number of carbonyl (C=O) groups excluding carboxylic acids is 2. The summed E-state index contributed by atoms with van der Waals surface area (Å²) in [5, 5.41) is 21.6. The number of anilines is 1. The Bertz CT molecular complexity index is 1770. The molecule has 0 radical (unpaired) electrons. The number of pyridine rings is 2. The summed E-state index contributed by atoms with van der Waals surface area (Å²) < 4.78 is 0. The number of aliphatic hydroxyl groups excluding tert-OH is 1. The van der Waals surface area contributed by atoms with Crippen LogP contribution < -0.4 is 5.32 Å². The summed E-state index contributed by atoms with van der Waals surface area (Å²) in [4.78, 5) is 48.5. The summed E-state index contributed by atoms with van der Waals surface area (Å²) in [6, 6.07) is 16.5. The van der Waals surface area contributed by atoms with Gasteiger partial charge in [0.05, 0.1) is 17.3 Å². The SMILES string of the molecule is Cc1cc(C(=O)Cc2cccc(-c3cccc(NC(=O)c4ccc(CCCCO)cn4)c3C)c2Cl)nc2c1CCN(CC(=O)O)C2. The fourth-order valence-corrected chi connectivity index (χ4v) is 6.15. The van der Waals surface area contributed by atoms with Gasteiger partial charge >= 0.3 is 5.97 Å². The summed E-state index contributed by atoms with van der Waals surface area (Å²) >= 11 is 6.93. The van der Waals surface area contributed by atoms with E-state index in [0.29, 0.717) is 47.2 Å². The number of Topliss-reactive ketones (excluding diaryl/α,β-unsaturated/α-hetero) is 1. The summed E-state index contributed by atoms with van der Waals surface area (Å²) in [7, 11) is 0. The number of halogens is 1. The van der Waals surface area contributed by atoms with Crippen LogP contribution in [0.2, 0.25) is 5.02 Å². The van der Waals surface area contributed by atoms with E-state index in [2.05, 4.69) is 15.3 Å². The number of aryl methyl sites for hydroxylation is 2. The van der Waals surface area contributed by atoms with Gasteiger partial charge in [0.15, 0.2) is 5.78 Å². The number of aromatic nitrogens is 2. The number of rotatable bonds is 12. The van der Waals surface area contributed by atoms with Gasteiger partial charge in [-0.3, -0.25) is 24.3 Å². The minimum atomic E-state index is -0.890. The zero-order valence-electron chi connectivity index (χ0n) is 26.0. The van der Waals surface area contributed by atoms with Crippen LogP contribution in [0.3, 0.4) is 0 Å². The normalized spacial score (nSPS) is 12.9. The fraction of sp³-hybridized carbons (Fsp3) is 0.306. The predicted octanol–water partition coefficient (Wildman–Crippen LogP) is 5.85. The van der Waals surface area contributed by atoms with Crippen molar-refractivity contribution < 1.29 is 24.6 Å². The summed E-state index contributed by atoms with van der Waals surface area (Å²) in [6.07, 6.45) is 4.80. The number of fused-ring (bicyclic) bond motifs is 1. The van der Waals surface area contributed by atoms with E-state index in [9.17, 15) is 19.5 Å². The number of amides is 1. The zero-order chi connectivity index (χ0) is 32.8. The zero-order valence-corrected chi connectivity index (χ0v) is 26.7. The summed E-state index contributed by atoms with van der Waals surface area (Å²) in [5.74, 6) is -1.39. The average molecular weight is 641 g/mol. The van der Waals surface area contributed by atoms with Crippen molar-refractivity contribution in [2.45, 2.75) is 52.5 Å². The van der Waals surface area contributed by atoms with Crippen LogP contribution in [0.5, 0.6) is 0 Å². The Labute approximate surface area is 273 Å². The highest BCUT2D eigenvalue weighted by Gasteiger charge is 2.24. The number of carboxylic acids is 1. The van der Waals surface area contributed by atoms with Crippen molar-refractivity contribution in [2.75, 3.05) is 25.0 Å². The van der Waals surface area contributed by atoms with Gasteiger partial charge in [-0.15, -0.1) is 0 Å². The molecule has 2 aromatic carbocycles. The van der Waals surface area contributed by atoms with E-state index >= 15 is 0 Å². The number of carbonyl (C=O) groups is 3. The van der Waals surface area contributed by atoms with Crippen LogP contribution in [0.25, 0.3) is 11.1 Å². The van der Waals surface area contributed by atoms with Gasteiger partial charge in [0.25, 0.3) is 5.91 Å². The van der Waals surface area contributed by atoms with Crippen molar-refractivity contribution in [3.05, 3.63) is 111 Å². The Morgan fingerprint density at radius 2 is 1.78 bits per heavy atom. The first-order chi connectivity index (χ1) is 22.1. The largest absolute Gasteiger partial charge is 0.480 e. The molecule has 0 atom stereocenters. The number of hydrogen-bond donors (Lipinski definition) is 3. The molecule has 3 N–H and O–H groups in total. The molecule has 0 bridgehead atoms. The highest BCUT2D eigenvalue weighted by atomic mass is 35.5. The topological polar surface area (TPSA) is 133 Å². The number of nitrogens with zero attached hydrogens (tertiary/aromatic N) is 3. The second kappa shape index (κ2) is 14.8. The number of hydrogen-bond acceptors (Lipinski definition) is 7. The maximum atomic E-state index is 13.5. The van der Waals surface area contributed by atoms with Gasteiger partial charge < -0.3 is 15.5 Å². The van der Waals surface area contributed by atoms with Crippen molar-refractivity contribution in [2.24, 2.45) is 0 Å². The van der Waals surface area contributed by atoms with Gasteiger partial charge in [-0.2, -0.15) is 0 Å². The minimum Gasteiger partial charge on any atom is -0.480 e. The molecule has 1 aliphatic heterocycles.